The molecule has 0 atom stereocenters. The number of nitrogens with one attached hydrogen (secondary N) is 1. The van der Waals surface area contributed by atoms with Crippen LogP contribution in [0.5, 0.6) is 0 Å². The van der Waals surface area contributed by atoms with Crippen LogP contribution in [0, 0.1) is 0 Å². The van der Waals surface area contributed by atoms with Crippen molar-refractivity contribution in [2.45, 2.75) is 19.1 Å². The lowest BCUT2D eigenvalue weighted by Gasteiger charge is -1.98. The van der Waals surface area contributed by atoms with Gasteiger partial charge in [-0.2, -0.15) is 0 Å². The Balaban J connectivity index is 0.00000121. The number of hydrogen-bond donors (Lipinski definition) is 3. The van der Waals surface area contributed by atoms with Gasteiger partial charge in [-0.15, -0.1) is 0 Å². The molecule has 12 heavy (non-hydrogen) atoms. The Kier molecular flexibility index (Phi) is 4.89. The van der Waals surface area contributed by atoms with Gasteiger partial charge in [0.05, 0.1) is 13.5 Å². The fourth-order valence-corrected chi connectivity index (χ4v) is 0.951. The van der Waals surface area contributed by atoms with Gasteiger partial charge in [-0.3, -0.25) is 0 Å². The lowest BCUT2D eigenvalue weighted by Crippen LogP contribution is -3.00. The second kappa shape index (κ2) is 5.13. The van der Waals surface area contributed by atoms with E-state index in [-0.39, 0.29) is 12.4 Å². The first kappa shape index (κ1) is 11.4. The van der Waals surface area contributed by atoms with Crippen molar-refractivity contribution in [2.75, 3.05) is 0 Å². The van der Waals surface area contributed by atoms with Crippen LogP contribution in [0.3, 0.4) is 0 Å². The number of H-pyrrole nitrogens is 1. The van der Waals surface area contributed by atoms with E-state index in [0.717, 1.165) is 5.82 Å². The van der Waals surface area contributed by atoms with Gasteiger partial charge in [0.15, 0.2) is 6.29 Å². The highest BCUT2D eigenvalue weighted by Gasteiger charge is 2.07. The summed E-state index contributed by atoms with van der Waals surface area (Å²) >= 11 is 0. The zero-order valence-electron chi connectivity index (χ0n) is 6.87. The summed E-state index contributed by atoms with van der Waals surface area (Å²) in [5.41, 5.74) is 0. The van der Waals surface area contributed by atoms with Crippen LogP contribution >= 0.6 is 0 Å². The number of nitrogens with zero attached hydrogens (tertiary/aromatic N) is 1. The standard InChI is InChI=1S/C7H12N2O2.ClH/c1-9-5-4-8-6(9)2-3-7(10)11;/h4-5,7,10-11H,2-3H2,1H3;1H. The van der Waals surface area contributed by atoms with E-state index in [4.69, 9.17) is 10.2 Å². The van der Waals surface area contributed by atoms with Crippen LogP contribution < -0.4 is 17.0 Å². The van der Waals surface area contributed by atoms with Crippen molar-refractivity contribution in [2.24, 2.45) is 7.05 Å². The summed E-state index contributed by atoms with van der Waals surface area (Å²) in [6.45, 7) is 0. The van der Waals surface area contributed by atoms with E-state index in [1.54, 1.807) is 0 Å². The third kappa shape index (κ3) is 3.21. The molecule has 0 fully saturated rings. The molecule has 0 saturated heterocycles. The topological polar surface area (TPSA) is 60.1 Å². The van der Waals surface area contributed by atoms with E-state index in [1.807, 2.05) is 24.0 Å². The molecule has 1 aromatic rings. The fraction of sp³-hybridized carbons (Fsp3) is 0.571. The van der Waals surface area contributed by atoms with Crippen LogP contribution in [0.15, 0.2) is 12.4 Å². The molecule has 0 radical (unpaired) electrons. The van der Waals surface area contributed by atoms with E-state index in [2.05, 4.69) is 4.98 Å². The Morgan fingerprint density at radius 1 is 1.58 bits per heavy atom. The van der Waals surface area contributed by atoms with Crippen LogP contribution in [0.25, 0.3) is 0 Å². The lowest BCUT2D eigenvalue weighted by atomic mass is 10.3. The average Bonchev–Trinajstić information content (AvgIpc) is 2.31. The highest BCUT2D eigenvalue weighted by molar-refractivity contribution is 4.76. The number of aliphatic hydroxyl groups excluding tert-OH is 1. The van der Waals surface area contributed by atoms with Crippen LogP contribution in [0.1, 0.15) is 12.2 Å². The second-order valence-corrected chi connectivity index (χ2v) is 2.54. The molecule has 3 N–H and O–H groups in total. The number of halogens is 1. The molecule has 1 rings (SSSR count). The van der Waals surface area contributed by atoms with Gasteiger partial charge < -0.3 is 22.6 Å². The van der Waals surface area contributed by atoms with Crippen molar-refractivity contribution in [1.29, 1.82) is 0 Å². The second-order valence-electron chi connectivity index (χ2n) is 2.54. The highest BCUT2D eigenvalue weighted by Crippen LogP contribution is 1.94. The zero-order chi connectivity index (χ0) is 8.27. The Bertz CT molecular complexity index is 225. The molecule has 4 nitrogen and oxygen atoms in total. The minimum Gasteiger partial charge on any atom is -1.00 e. The Morgan fingerprint density at radius 2 is 2.25 bits per heavy atom. The molecule has 0 amide bonds. The van der Waals surface area contributed by atoms with Crippen LogP contribution in [-0.2, 0) is 13.5 Å². The third-order valence-corrected chi connectivity index (χ3v) is 1.61. The van der Waals surface area contributed by atoms with E-state index in [1.165, 1.54) is 0 Å². The SMILES string of the molecule is C[n+]1cc[nH]c1CCC(O)O.[Cl-]. The van der Waals surface area contributed by atoms with Gasteiger partial charge in [-0.1, -0.05) is 0 Å². The molecule has 1 heterocycles. The van der Waals surface area contributed by atoms with Gasteiger partial charge in [0, 0.05) is 6.42 Å². The molecule has 0 saturated carbocycles. The summed E-state index contributed by atoms with van der Waals surface area (Å²) in [4.78, 5) is 3.00. The van der Waals surface area contributed by atoms with Gasteiger partial charge in [0.1, 0.15) is 12.4 Å². The molecule has 0 aromatic carbocycles. The number of aromatic amines is 1. The number of aliphatic hydroxyl groups is 2. The van der Waals surface area contributed by atoms with Crippen LogP contribution in [0.4, 0.5) is 0 Å². The Hall–Kier alpha value is -0.580. The molecule has 0 unspecified atom stereocenters. The normalized spacial score (nSPS) is 10.0. The Morgan fingerprint density at radius 3 is 2.67 bits per heavy atom. The summed E-state index contributed by atoms with van der Waals surface area (Å²) in [5, 5.41) is 17.1. The first-order valence-corrected chi connectivity index (χ1v) is 3.58. The number of rotatable bonds is 3. The number of imidazole rings is 1. The van der Waals surface area contributed by atoms with Gasteiger partial charge in [-0.05, 0) is 0 Å². The van der Waals surface area contributed by atoms with E-state index in [0.29, 0.717) is 12.8 Å². The molecular formula is C7H13ClN2O2. The molecule has 70 valence electrons. The number of aryl methyl sites for hydroxylation is 2. The summed E-state index contributed by atoms with van der Waals surface area (Å²) in [7, 11) is 1.91. The van der Waals surface area contributed by atoms with Crippen molar-refractivity contribution < 1.29 is 27.2 Å². The molecule has 0 aliphatic rings. The highest BCUT2D eigenvalue weighted by atomic mass is 35.5. The summed E-state index contributed by atoms with van der Waals surface area (Å²) in [6.07, 6.45) is 3.52. The van der Waals surface area contributed by atoms with Gasteiger partial charge in [0.25, 0.3) is 5.82 Å². The summed E-state index contributed by atoms with van der Waals surface area (Å²) < 4.78 is 1.92. The maximum atomic E-state index is 8.57. The summed E-state index contributed by atoms with van der Waals surface area (Å²) in [6, 6.07) is 0. The molecule has 0 aliphatic heterocycles. The largest absolute Gasteiger partial charge is 1.00 e. The maximum Gasteiger partial charge on any atom is 0.254 e. The molecule has 1 aromatic heterocycles. The number of hydrogen-bond acceptors (Lipinski definition) is 2. The smallest absolute Gasteiger partial charge is 0.254 e. The molecule has 0 bridgehead atoms. The summed E-state index contributed by atoms with van der Waals surface area (Å²) in [5.74, 6) is 0.998. The maximum absolute atomic E-state index is 8.57. The lowest BCUT2D eigenvalue weighted by molar-refractivity contribution is -0.678. The van der Waals surface area contributed by atoms with Crippen molar-refractivity contribution in [3.05, 3.63) is 18.2 Å². The monoisotopic (exact) mass is 192 g/mol. The molecular weight excluding hydrogens is 180 g/mol. The molecule has 0 aliphatic carbocycles. The predicted octanol–water partition coefficient (Wildman–Crippen LogP) is -3.91. The third-order valence-electron chi connectivity index (χ3n) is 1.61. The van der Waals surface area contributed by atoms with Crippen molar-refractivity contribution in [3.63, 3.8) is 0 Å². The quantitative estimate of drug-likeness (QED) is 0.339. The Labute approximate surface area is 77.3 Å². The molecule has 0 spiro atoms. The number of aromatic nitrogens is 2. The van der Waals surface area contributed by atoms with E-state index >= 15 is 0 Å². The zero-order valence-corrected chi connectivity index (χ0v) is 7.62. The van der Waals surface area contributed by atoms with E-state index < -0.39 is 6.29 Å². The first-order chi connectivity index (χ1) is 5.20. The predicted molar refractivity (Wildman–Crippen MR) is 38.5 cm³/mol. The van der Waals surface area contributed by atoms with Gasteiger partial charge >= 0.3 is 0 Å². The van der Waals surface area contributed by atoms with Gasteiger partial charge in [-0.25, -0.2) is 9.55 Å². The van der Waals surface area contributed by atoms with Crippen molar-refractivity contribution >= 4 is 0 Å². The molecule has 5 heteroatoms. The van der Waals surface area contributed by atoms with Crippen molar-refractivity contribution in [3.8, 4) is 0 Å². The first-order valence-electron chi connectivity index (χ1n) is 3.58. The average molecular weight is 193 g/mol. The van der Waals surface area contributed by atoms with E-state index in [9.17, 15) is 0 Å². The fourth-order valence-electron chi connectivity index (χ4n) is 0.951. The minimum absolute atomic E-state index is 0. The minimum atomic E-state index is -1.21. The van der Waals surface area contributed by atoms with Crippen LogP contribution in [0.2, 0.25) is 0 Å². The van der Waals surface area contributed by atoms with Crippen molar-refractivity contribution in [1.82, 2.24) is 4.98 Å². The van der Waals surface area contributed by atoms with Crippen LogP contribution in [-0.4, -0.2) is 21.5 Å². The van der Waals surface area contributed by atoms with Gasteiger partial charge in [0.2, 0.25) is 0 Å².